The maximum Gasteiger partial charge on any atom is 0.140 e. The highest BCUT2D eigenvalue weighted by Gasteiger charge is 2.08. The van der Waals surface area contributed by atoms with Crippen LogP contribution in [-0.2, 0) is 6.61 Å². The van der Waals surface area contributed by atoms with Gasteiger partial charge in [-0.15, -0.1) is 0 Å². The van der Waals surface area contributed by atoms with Gasteiger partial charge >= 0.3 is 0 Å². The molecule has 1 aromatic heterocycles. The molecule has 0 amide bonds. The molecule has 20 heavy (non-hydrogen) atoms. The number of pyridine rings is 1. The number of nitrogens with zero attached hydrogens (tertiary/aromatic N) is 2. The third-order valence-corrected chi connectivity index (χ3v) is 2.81. The molecule has 1 heterocycles. The van der Waals surface area contributed by atoms with Crippen LogP contribution in [0.4, 0.5) is 4.39 Å². The summed E-state index contributed by atoms with van der Waals surface area (Å²) < 4.78 is 19.2. The van der Waals surface area contributed by atoms with Crippen molar-refractivity contribution in [3.63, 3.8) is 0 Å². The number of aromatic nitrogens is 1. The summed E-state index contributed by atoms with van der Waals surface area (Å²) in [4.78, 5) is 3.87. The fourth-order valence-electron chi connectivity index (χ4n) is 1.76. The highest BCUT2D eigenvalue weighted by atomic mass is 19.1. The Balaban J connectivity index is 2.07. The van der Waals surface area contributed by atoms with Gasteiger partial charge in [0.05, 0.1) is 0 Å². The second-order valence-corrected chi connectivity index (χ2v) is 4.42. The van der Waals surface area contributed by atoms with Gasteiger partial charge in [-0.1, -0.05) is 6.07 Å². The van der Waals surface area contributed by atoms with Gasteiger partial charge < -0.3 is 10.5 Å². The lowest BCUT2D eigenvalue weighted by Crippen LogP contribution is -2.07. The normalized spacial score (nSPS) is 11.7. The Morgan fingerprint density at radius 1 is 1.40 bits per heavy atom. The minimum Gasteiger partial charge on any atom is -0.489 e. The smallest absolute Gasteiger partial charge is 0.140 e. The Morgan fingerprint density at radius 3 is 2.85 bits per heavy atom. The molecule has 2 aromatic rings. The van der Waals surface area contributed by atoms with Crippen LogP contribution in [-0.4, -0.2) is 4.98 Å². The number of rotatable bonds is 4. The third-order valence-electron chi connectivity index (χ3n) is 2.81. The molecule has 1 aromatic carbocycles. The Bertz CT molecular complexity index is 650. The van der Waals surface area contributed by atoms with E-state index in [2.05, 4.69) is 4.98 Å². The summed E-state index contributed by atoms with van der Waals surface area (Å²) >= 11 is 0. The van der Waals surface area contributed by atoms with Crippen LogP contribution in [0.2, 0.25) is 0 Å². The van der Waals surface area contributed by atoms with E-state index in [1.165, 1.54) is 12.3 Å². The summed E-state index contributed by atoms with van der Waals surface area (Å²) in [6.07, 6.45) is 1.54. The van der Waals surface area contributed by atoms with Crippen molar-refractivity contribution in [3.05, 3.63) is 59.2 Å². The first-order valence-electron chi connectivity index (χ1n) is 6.13. The van der Waals surface area contributed by atoms with Gasteiger partial charge in [0.1, 0.15) is 29.9 Å². The molecule has 2 rings (SSSR count). The van der Waals surface area contributed by atoms with Crippen molar-refractivity contribution in [3.8, 4) is 11.8 Å². The molecule has 4 nitrogen and oxygen atoms in total. The van der Waals surface area contributed by atoms with E-state index in [0.717, 1.165) is 5.56 Å². The molecular formula is C15H14FN3O. The number of hydrogen-bond acceptors (Lipinski definition) is 4. The number of benzene rings is 1. The monoisotopic (exact) mass is 271 g/mol. The maximum absolute atomic E-state index is 13.7. The van der Waals surface area contributed by atoms with Crippen LogP contribution in [0, 0.1) is 17.1 Å². The number of nitrogens with two attached hydrogens (primary N) is 1. The summed E-state index contributed by atoms with van der Waals surface area (Å²) in [6, 6.07) is 9.57. The molecule has 5 heteroatoms. The minimum atomic E-state index is -0.384. The van der Waals surface area contributed by atoms with E-state index in [1.807, 2.05) is 6.07 Å². The first kappa shape index (κ1) is 14.0. The molecule has 0 aliphatic heterocycles. The van der Waals surface area contributed by atoms with Crippen molar-refractivity contribution in [1.82, 2.24) is 4.98 Å². The third kappa shape index (κ3) is 3.31. The summed E-state index contributed by atoms with van der Waals surface area (Å²) in [7, 11) is 0. The van der Waals surface area contributed by atoms with Crippen LogP contribution >= 0.6 is 0 Å². The highest BCUT2D eigenvalue weighted by molar-refractivity contribution is 5.31. The summed E-state index contributed by atoms with van der Waals surface area (Å²) in [6.45, 7) is 1.97. The topological polar surface area (TPSA) is 71.9 Å². The minimum absolute atomic E-state index is 0.244. The van der Waals surface area contributed by atoms with E-state index in [4.69, 9.17) is 15.7 Å². The fourth-order valence-corrected chi connectivity index (χ4v) is 1.76. The lowest BCUT2D eigenvalue weighted by molar-refractivity contribution is 0.304. The van der Waals surface area contributed by atoms with Crippen molar-refractivity contribution >= 4 is 0 Å². The summed E-state index contributed by atoms with van der Waals surface area (Å²) in [5, 5.41) is 8.75. The molecule has 1 atom stereocenters. The van der Waals surface area contributed by atoms with E-state index in [1.54, 1.807) is 31.2 Å². The Labute approximate surface area is 116 Å². The summed E-state index contributed by atoms with van der Waals surface area (Å²) in [5.74, 6) is 0.0344. The molecule has 102 valence electrons. The van der Waals surface area contributed by atoms with Crippen molar-refractivity contribution in [2.75, 3.05) is 0 Å². The number of nitriles is 1. The molecule has 0 aliphatic rings. The van der Waals surface area contributed by atoms with Gasteiger partial charge in [-0.25, -0.2) is 9.37 Å². The molecule has 0 radical (unpaired) electrons. The predicted molar refractivity (Wildman–Crippen MR) is 72.3 cm³/mol. The second kappa shape index (κ2) is 6.13. The molecule has 0 saturated carbocycles. The second-order valence-electron chi connectivity index (χ2n) is 4.42. The zero-order chi connectivity index (χ0) is 14.5. The molecular weight excluding hydrogens is 257 g/mol. The Hall–Kier alpha value is -2.45. The largest absolute Gasteiger partial charge is 0.489 e. The average Bonchev–Trinajstić information content (AvgIpc) is 2.45. The SMILES string of the molecule is C[C@@H](N)c1ccc(OCc2ccnc(C#N)c2)cc1F. The van der Waals surface area contributed by atoms with Crippen molar-refractivity contribution < 1.29 is 9.13 Å². The van der Waals surface area contributed by atoms with Crippen molar-refractivity contribution in [2.24, 2.45) is 5.73 Å². The van der Waals surface area contributed by atoms with Crippen molar-refractivity contribution in [1.29, 1.82) is 5.26 Å². The quantitative estimate of drug-likeness (QED) is 0.928. The van der Waals surface area contributed by atoms with Crippen LogP contribution in [0.15, 0.2) is 36.5 Å². The molecule has 0 spiro atoms. The van der Waals surface area contributed by atoms with Gasteiger partial charge in [0.15, 0.2) is 0 Å². The molecule has 0 fully saturated rings. The number of ether oxygens (including phenoxy) is 1. The lowest BCUT2D eigenvalue weighted by atomic mass is 10.1. The lowest BCUT2D eigenvalue weighted by Gasteiger charge is -2.10. The van der Waals surface area contributed by atoms with Gasteiger partial charge in [-0.05, 0) is 30.7 Å². The van der Waals surface area contributed by atoms with Gasteiger partial charge in [0.25, 0.3) is 0 Å². The van der Waals surface area contributed by atoms with E-state index in [9.17, 15) is 4.39 Å². The Kier molecular flexibility index (Phi) is 4.28. The molecule has 2 N–H and O–H groups in total. The average molecular weight is 271 g/mol. The maximum atomic E-state index is 13.7. The van der Waals surface area contributed by atoms with E-state index in [0.29, 0.717) is 17.0 Å². The highest BCUT2D eigenvalue weighted by Crippen LogP contribution is 2.21. The number of halogens is 1. The van der Waals surface area contributed by atoms with Crippen LogP contribution in [0.5, 0.6) is 5.75 Å². The fraction of sp³-hybridized carbons (Fsp3) is 0.200. The molecule has 0 bridgehead atoms. The van der Waals surface area contributed by atoms with Crippen LogP contribution in [0.1, 0.15) is 29.8 Å². The molecule has 0 aliphatic carbocycles. The van der Waals surface area contributed by atoms with Crippen LogP contribution in [0.25, 0.3) is 0 Å². The van der Waals surface area contributed by atoms with Crippen LogP contribution < -0.4 is 10.5 Å². The van der Waals surface area contributed by atoms with Gasteiger partial charge in [-0.3, -0.25) is 0 Å². The number of hydrogen-bond donors (Lipinski definition) is 1. The molecule has 0 saturated heterocycles. The standard InChI is InChI=1S/C15H14FN3O/c1-10(18)14-3-2-13(7-15(14)16)20-9-11-4-5-19-12(6-11)8-17/h2-7,10H,9,18H2,1H3/t10-/m1/s1. The van der Waals surface area contributed by atoms with E-state index in [-0.39, 0.29) is 18.5 Å². The van der Waals surface area contributed by atoms with Gasteiger partial charge in [0, 0.05) is 23.9 Å². The zero-order valence-electron chi connectivity index (χ0n) is 11.0. The first-order chi connectivity index (χ1) is 9.60. The van der Waals surface area contributed by atoms with E-state index < -0.39 is 0 Å². The Morgan fingerprint density at radius 2 is 2.20 bits per heavy atom. The van der Waals surface area contributed by atoms with Crippen molar-refractivity contribution in [2.45, 2.75) is 19.6 Å². The van der Waals surface area contributed by atoms with Crippen LogP contribution in [0.3, 0.4) is 0 Å². The molecule has 0 unspecified atom stereocenters. The first-order valence-corrected chi connectivity index (χ1v) is 6.13. The van der Waals surface area contributed by atoms with E-state index >= 15 is 0 Å². The van der Waals surface area contributed by atoms with Gasteiger partial charge in [0.2, 0.25) is 0 Å². The van der Waals surface area contributed by atoms with Gasteiger partial charge in [-0.2, -0.15) is 5.26 Å². The predicted octanol–water partition coefficient (Wildman–Crippen LogP) is 2.69. The zero-order valence-corrected chi connectivity index (χ0v) is 11.0. The summed E-state index contributed by atoms with van der Waals surface area (Å²) in [5.41, 5.74) is 7.22.